The van der Waals surface area contributed by atoms with Crippen molar-refractivity contribution >= 4 is 11.8 Å². The van der Waals surface area contributed by atoms with E-state index in [1.165, 1.54) is 19.2 Å². The average Bonchev–Trinajstić information content (AvgIpc) is 2.40. The van der Waals surface area contributed by atoms with Crippen LogP contribution >= 0.6 is 0 Å². The molecule has 0 aliphatic carbocycles. The molecule has 1 N–H and O–H groups in total. The number of anilines is 1. The van der Waals surface area contributed by atoms with Crippen molar-refractivity contribution in [3.05, 3.63) is 23.3 Å². The van der Waals surface area contributed by atoms with Crippen molar-refractivity contribution in [2.24, 2.45) is 0 Å². The summed E-state index contributed by atoms with van der Waals surface area (Å²) in [4.78, 5) is 11.7. The molecule has 1 amide bonds. The highest BCUT2D eigenvalue weighted by atomic mass is 19.3. The molecule has 0 radical (unpaired) electrons. The van der Waals surface area contributed by atoms with Crippen molar-refractivity contribution in [1.29, 1.82) is 0 Å². The lowest BCUT2D eigenvalue weighted by Gasteiger charge is -2.20. The Labute approximate surface area is 130 Å². The third-order valence-corrected chi connectivity index (χ3v) is 2.45. The Kier molecular flexibility index (Phi) is 7.84. The van der Waals surface area contributed by atoms with E-state index in [0.717, 1.165) is 0 Å². The van der Waals surface area contributed by atoms with E-state index in [9.17, 15) is 13.6 Å². The van der Waals surface area contributed by atoms with Gasteiger partial charge in [-0.05, 0) is 39.3 Å². The third-order valence-electron chi connectivity index (χ3n) is 2.45. The van der Waals surface area contributed by atoms with Gasteiger partial charge in [0.2, 0.25) is 0 Å². The molecule has 0 spiro atoms. The molecule has 6 heteroatoms. The van der Waals surface area contributed by atoms with Crippen molar-refractivity contribution in [2.75, 3.05) is 12.4 Å². The van der Waals surface area contributed by atoms with Crippen LogP contribution < -0.4 is 10.1 Å². The zero-order valence-corrected chi connectivity index (χ0v) is 14.2. The monoisotopic (exact) mass is 317 g/mol. The van der Waals surface area contributed by atoms with Crippen LogP contribution in [0.5, 0.6) is 5.75 Å². The van der Waals surface area contributed by atoms with Gasteiger partial charge in [-0.25, -0.2) is 13.6 Å². The van der Waals surface area contributed by atoms with Crippen molar-refractivity contribution in [3.8, 4) is 5.75 Å². The topological polar surface area (TPSA) is 47.6 Å². The highest BCUT2D eigenvalue weighted by molar-refractivity contribution is 5.86. The summed E-state index contributed by atoms with van der Waals surface area (Å²) in [5.41, 5.74) is 0.0394. The van der Waals surface area contributed by atoms with Gasteiger partial charge in [0.25, 0.3) is 6.43 Å². The van der Waals surface area contributed by atoms with Crippen molar-refractivity contribution in [1.82, 2.24) is 0 Å². The summed E-state index contributed by atoms with van der Waals surface area (Å²) in [7, 11) is 1.30. The van der Waals surface area contributed by atoms with Crippen LogP contribution in [0.15, 0.2) is 12.1 Å². The first-order valence-electron chi connectivity index (χ1n) is 7.10. The zero-order valence-electron chi connectivity index (χ0n) is 14.2. The van der Waals surface area contributed by atoms with E-state index in [1.54, 1.807) is 27.7 Å². The molecule has 0 saturated carbocycles. The second kappa shape index (κ2) is 8.56. The molecule has 0 atom stereocenters. The molecule has 22 heavy (non-hydrogen) atoms. The number of benzene rings is 1. The maximum atomic E-state index is 12.8. The highest BCUT2D eigenvalue weighted by Crippen LogP contribution is 2.33. The summed E-state index contributed by atoms with van der Waals surface area (Å²) in [5, 5.41) is 2.52. The molecule has 0 unspecified atom stereocenters. The number of carbonyl (C=O) groups excluding carboxylic acids is 1. The molecule has 1 aromatic rings. The molecule has 0 aliphatic heterocycles. The summed E-state index contributed by atoms with van der Waals surface area (Å²) in [5.74, 6) is 0.0247. The number of hydrogen-bond acceptors (Lipinski definition) is 3. The van der Waals surface area contributed by atoms with E-state index < -0.39 is 18.1 Å². The van der Waals surface area contributed by atoms with Gasteiger partial charge in [-0.1, -0.05) is 13.8 Å². The molecule has 126 valence electrons. The Bertz CT molecular complexity index is 497. The summed E-state index contributed by atoms with van der Waals surface area (Å²) >= 11 is 0. The molecule has 0 bridgehead atoms. The van der Waals surface area contributed by atoms with E-state index in [1.807, 2.05) is 13.8 Å². The number of rotatable bonds is 3. The number of methoxy groups -OCH3 is 1. The highest BCUT2D eigenvalue weighted by Gasteiger charge is 2.20. The van der Waals surface area contributed by atoms with Gasteiger partial charge in [0, 0.05) is 6.07 Å². The van der Waals surface area contributed by atoms with Gasteiger partial charge in [0.05, 0.1) is 18.4 Å². The lowest BCUT2D eigenvalue weighted by atomic mass is 10.1. The number of halogens is 2. The van der Waals surface area contributed by atoms with Crippen LogP contribution in [-0.4, -0.2) is 18.8 Å². The number of alkyl halides is 2. The largest absolute Gasteiger partial charge is 0.496 e. The predicted octanol–water partition coefficient (Wildman–Crippen LogP) is 5.31. The first-order chi connectivity index (χ1) is 10.1. The predicted molar refractivity (Wildman–Crippen MR) is 83.9 cm³/mol. The van der Waals surface area contributed by atoms with Crippen LogP contribution in [0.2, 0.25) is 0 Å². The molecule has 0 aromatic heterocycles. The van der Waals surface area contributed by atoms with Gasteiger partial charge in [-0.3, -0.25) is 5.32 Å². The van der Waals surface area contributed by atoms with Crippen LogP contribution in [0.25, 0.3) is 0 Å². The fourth-order valence-electron chi connectivity index (χ4n) is 1.61. The lowest BCUT2D eigenvalue weighted by Crippen LogP contribution is -2.27. The van der Waals surface area contributed by atoms with Gasteiger partial charge < -0.3 is 9.47 Å². The Hall–Kier alpha value is -1.85. The van der Waals surface area contributed by atoms with Crippen LogP contribution in [0.3, 0.4) is 0 Å². The summed E-state index contributed by atoms with van der Waals surface area (Å²) in [6.07, 6.45) is -3.29. The quantitative estimate of drug-likeness (QED) is 0.821. The van der Waals surface area contributed by atoms with Crippen LogP contribution in [0, 0.1) is 6.92 Å². The second-order valence-corrected chi connectivity index (χ2v) is 5.34. The minimum absolute atomic E-state index is 0.0247. The van der Waals surface area contributed by atoms with E-state index >= 15 is 0 Å². The molecule has 1 aromatic carbocycles. The van der Waals surface area contributed by atoms with E-state index in [-0.39, 0.29) is 11.3 Å². The fraction of sp³-hybridized carbons (Fsp3) is 0.562. The Morgan fingerprint density at radius 2 is 1.77 bits per heavy atom. The zero-order chi connectivity index (χ0) is 17.5. The summed E-state index contributed by atoms with van der Waals surface area (Å²) in [6, 6.07) is 2.65. The molecule has 0 heterocycles. The number of carbonyl (C=O) groups is 1. The average molecular weight is 317 g/mol. The number of hydrogen-bond donors (Lipinski definition) is 1. The number of nitrogens with one attached hydrogen (secondary N) is 1. The number of aryl methyl sites for hydroxylation is 1. The van der Waals surface area contributed by atoms with Crippen molar-refractivity contribution in [3.63, 3.8) is 0 Å². The third kappa shape index (κ3) is 6.28. The van der Waals surface area contributed by atoms with E-state index in [2.05, 4.69) is 5.32 Å². The maximum Gasteiger partial charge on any atom is 0.412 e. The minimum Gasteiger partial charge on any atom is -0.496 e. The smallest absolute Gasteiger partial charge is 0.412 e. The maximum absolute atomic E-state index is 12.8. The molecular formula is C16H25F2NO3. The Morgan fingerprint density at radius 1 is 1.23 bits per heavy atom. The SMILES string of the molecule is CC.COc1cc(NC(=O)OC(C)(C)C)c(C)cc1C(F)F. The van der Waals surface area contributed by atoms with E-state index in [0.29, 0.717) is 11.3 Å². The standard InChI is InChI=1S/C14H19F2NO3.C2H6/c1-8-6-9(12(15)16)11(19-5)7-10(8)17-13(18)20-14(2,3)4;1-2/h6-7,12H,1-5H3,(H,17,18);1-2H3. The van der Waals surface area contributed by atoms with Crippen LogP contribution in [0.1, 0.15) is 52.2 Å². The van der Waals surface area contributed by atoms with Gasteiger partial charge in [0.1, 0.15) is 11.4 Å². The van der Waals surface area contributed by atoms with Crippen molar-refractivity contribution < 1.29 is 23.0 Å². The first-order valence-corrected chi connectivity index (χ1v) is 7.10. The first kappa shape index (κ1) is 20.1. The molecule has 0 aliphatic rings. The molecule has 4 nitrogen and oxygen atoms in total. The van der Waals surface area contributed by atoms with Crippen LogP contribution in [0.4, 0.5) is 19.3 Å². The number of ether oxygens (including phenoxy) is 2. The molecular weight excluding hydrogens is 292 g/mol. The Morgan fingerprint density at radius 3 is 2.18 bits per heavy atom. The van der Waals surface area contributed by atoms with Gasteiger partial charge >= 0.3 is 6.09 Å². The Balaban J connectivity index is 0.00000211. The van der Waals surface area contributed by atoms with Crippen LogP contribution in [-0.2, 0) is 4.74 Å². The fourth-order valence-corrected chi connectivity index (χ4v) is 1.61. The molecule has 0 fully saturated rings. The van der Waals surface area contributed by atoms with Gasteiger partial charge in [0.15, 0.2) is 0 Å². The van der Waals surface area contributed by atoms with Gasteiger partial charge in [-0.2, -0.15) is 0 Å². The van der Waals surface area contributed by atoms with Gasteiger partial charge in [-0.15, -0.1) is 0 Å². The normalized spacial score (nSPS) is 10.6. The number of amides is 1. The van der Waals surface area contributed by atoms with E-state index in [4.69, 9.17) is 9.47 Å². The molecule has 1 rings (SSSR count). The second-order valence-electron chi connectivity index (χ2n) is 5.34. The minimum atomic E-state index is -2.64. The summed E-state index contributed by atoms with van der Waals surface area (Å²) in [6.45, 7) is 10.8. The summed E-state index contributed by atoms with van der Waals surface area (Å²) < 4.78 is 35.7. The molecule has 0 saturated heterocycles. The van der Waals surface area contributed by atoms with Crippen molar-refractivity contribution in [2.45, 2.75) is 53.6 Å². The lowest BCUT2D eigenvalue weighted by molar-refractivity contribution is 0.0636.